The number of nitrogens with zero attached hydrogens (tertiary/aromatic N) is 5. The summed E-state index contributed by atoms with van der Waals surface area (Å²) in [5.74, 6) is 0.801. The van der Waals surface area contributed by atoms with E-state index in [1.165, 1.54) is 10.6 Å². The average Bonchev–Trinajstić information content (AvgIpc) is 3.12. The molecule has 0 saturated carbocycles. The van der Waals surface area contributed by atoms with Crippen molar-refractivity contribution < 1.29 is 4.79 Å². The molecule has 1 amide bonds. The quantitative estimate of drug-likeness (QED) is 0.896. The highest BCUT2D eigenvalue weighted by Crippen LogP contribution is 2.25. The Hall–Kier alpha value is -2.90. The molecule has 3 heterocycles. The minimum atomic E-state index is -0.471. The number of amides is 1. The highest BCUT2D eigenvalue weighted by Gasteiger charge is 2.19. The Morgan fingerprint density at radius 1 is 1.28 bits per heavy atom. The SMILES string of the molecule is CN(C)c1nc(N2CCCC2)ncc1NC(=O)c1cccn(C)c1=O. The number of hydrogen-bond donors (Lipinski definition) is 1. The number of aromatic nitrogens is 3. The van der Waals surface area contributed by atoms with Crippen molar-refractivity contribution in [3.05, 3.63) is 40.4 Å². The molecular weight excluding hydrogens is 320 g/mol. The highest BCUT2D eigenvalue weighted by molar-refractivity contribution is 6.05. The summed E-state index contributed by atoms with van der Waals surface area (Å²) in [5.41, 5.74) is 0.211. The third kappa shape index (κ3) is 3.47. The first kappa shape index (κ1) is 16.9. The van der Waals surface area contributed by atoms with Crippen LogP contribution in [0.3, 0.4) is 0 Å². The monoisotopic (exact) mass is 342 g/mol. The van der Waals surface area contributed by atoms with Crippen molar-refractivity contribution in [1.82, 2.24) is 14.5 Å². The Bertz CT molecular complexity index is 839. The van der Waals surface area contributed by atoms with Crippen LogP contribution in [0.2, 0.25) is 0 Å². The molecule has 0 aliphatic carbocycles. The van der Waals surface area contributed by atoms with E-state index in [1.54, 1.807) is 25.5 Å². The van der Waals surface area contributed by atoms with Crippen LogP contribution in [-0.2, 0) is 7.05 Å². The first-order valence-corrected chi connectivity index (χ1v) is 8.23. The molecule has 0 unspecified atom stereocenters. The molecular formula is C17H22N6O2. The molecule has 3 rings (SSSR count). The molecule has 25 heavy (non-hydrogen) atoms. The van der Waals surface area contributed by atoms with Gasteiger partial charge in [0.25, 0.3) is 11.5 Å². The third-order valence-electron chi connectivity index (χ3n) is 4.18. The highest BCUT2D eigenvalue weighted by atomic mass is 16.2. The van der Waals surface area contributed by atoms with Crippen LogP contribution >= 0.6 is 0 Å². The van der Waals surface area contributed by atoms with Crippen molar-refractivity contribution in [2.45, 2.75) is 12.8 Å². The van der Waals surface area contributed by atoms with Crippen molar-refractivity contribution in [3.8, 4) is 0 Å². The maximum atomic E-state index is 12.5. The average molecular weight is 342 g/mol. The van der Waals surface area contributed by atoms with Gasteiger partial charge in [0.2, 0.25) is 5.95 Å². The number of hydrogen-bond acceptors (Lipinski definition) is 6. The predicted molar refractivity (Wildman–Crippen MR) is 97.4 cm³/mol. The molecule has 0 bridgehead atoms. The van der Waals surface area contributed by atoms with E-state index in [0.29, 0.717) is 17.5 Å². The second kappa shape index (κ2) is 6.92. The predicted octanol–water partition coefficient (Wildman–Crippen LogP) is 1.09. The fourth-order valence-corrected chi connectivity index (χ4v) is 2.82. The summed E-state index contributed by atoms with van der Waals surface area (Å²) in [4.78, 5) is 37.5. The Labute approximate surface area is 146 Å². The van der Waals surface area contributed by atoms with Crippen molar-refractivity contribution in [3.63, 3.8) is 0 Å². The van der Waals surface area contributed by atoms with E-state index in [-0.39, 0.29) is 11.1 Å². The zero-order valence-corrected chi connectivity index (χ0v) is 14.7. The van der Waals surface area contributed by atoms with Gasteiger partial charge in [0.15, 0.2) is 5.82 Å². The molecule has 1 N–H and O–H groups in total. The molecule has 0 radical (unpaired) electrons. The number of carbonyl (C=O) groups is 1. The first-order valence-electron chi connectivity index (χ1n) is 8.23. The first-order chi connectivity index (χ1) is 12.0. The van der Waals surface area contributed by atoms with E-state index >= 15 is 0 Å². The van der Waals surface area contributed by atoms with E-state index < -0.39 is 5.91 Å². The van der Waals surface area contributed by atoms with Crippen molar-refractivity contribution in [2.75, 3.05) is 42.3 Å². The lowest BCUT2D eigenvalue weighted by atomic mass is 10.2. The van der Waals surface area contributed by atoms with Crippen LogP contribution in [0.1, 0.15) is 23.2 Å². The van der Waals surface area contributed by atoms with E-state index in [4.69, 9.17) is 0 Å². The molecule has 1 saturated heterocycles. The smallest absolute Gasteiger partial charge is 0.263 e. The molecule has 1 aliphatic heterocycles. The molecule has 1 fully saturated rings. The van der Waals surface area contributed by atoms with Gasteiger partial charge in [-0.25, -0.2) is 4.98 Å². The van der Waals surface area contributed by atoms with Crippen molar-refractivity contribution >= 4 is 23.4 Å². The Kier molecular flexibility index (Phi) is 4.69. The van der Waals surface area contributed by atoms with E-state index in [0.717, 1.165) is 25.9 Å². The number of aryl methyl sites for hydroxylation is 1. The number of pyridine rings is 1. The fourth-order valence-electron chi connectivity index (χ4n) is 2.82. The zero-order chi connectivity index (χ0) is 18.0. The van der Waals surface area contributed by atoms with Crippen LogP contribution in [0.25, 0.3) is 0 Å². The van der Waals surface area contributed by atoms with Crippen LogP contribution in [0.5, 0.6) is 0 Å². The van der Waals surface area contributed by atoms with Gasteiger partial charge < -0.3 is 19.7 Å². The van der Waals surface area contributed by atoms with Gasteiger partial charge in [-0.2, -0.15) is 4.98 Å². The molecule has 0 spiro atoms. The van der Waals surface area contributed by atoms with E-state index in [9.17, 15) is 9.59 Å². The van der Waals surface area contributed by atoms with Gasteiger partial charge >= 0.3 is 0 Å². The minimum absolute atomic E-state index is 0.0818. The van der Waals surface area contributed by atoms with Gasteiger partial charge in [-0.05, 0) is 25.0 Å². The summed E-state index contributed by atoms with van der Waals surface area (Å²) in [5, 5.41) is 2.76. The Balaban J connectivity index is 1.89. The topological polar surface area (TPSA) is 83.4 Å². The Morgan fingerprint density at radius 3 is 2.68 bits per heavy atom. The summed E-state index contributed by atoms with van der Waals surface area (Å²) >= 11 is 0. The molecule has 8 heteroatoms. The number of carbonyl (C=O) groups excluding carboxylic acids is 1. The van der Waals surface area contributed by atoms with Gasteiger partial charge in [-0.1, -0.05) is 0 Å². The summed E-state index contributed by atoms with van der Waals surface area (Å²) in [7, 11) is 5.32. The normalized spacial score (nSPS) is 13.8. The summed E-state index contributed by atoms with van der Waals surface area (Å²) in [6, 6.07) is 3.17. The molecule has 8 nitrogen and oxygen atoms in total. The van der Waals surface area contributed by atoms with Gasteiger partial charge in [0, 0.05) is 40.4 Å². The third-order valence-corrected chi connectivity index (χ3v) is 4.18. The second-order valence-corrected chi connectivity index (χ2v) is 6.29. The number of rotatable bonds is 4. The summed E-state index contributed by atoms with van der Waals surface area (Å²) < 4.78 is 1.37. The van der Waals surface area contributed by atoms with Gasteiger partial charge in [0.05, 0.1) is 6.20 Å². The number of anilines is 3. The molecule has 1 aliphatic rings. The van der Waals surface area contributed by atoms with E-state index in [2.05, 4.69) is 20.2 Å². The number of nitrogens with one attached hydrogen (secondary N) is 1. The van der Waals surface area contributed by atoms with E-state index in [1.807, 2.05) is 19.0 Å². The standard InChI is InChI=1S/C17H22N6O2/c1-21(2)14-13(11-18-17(20-14)23-9-4-5-10-23)19-15(24)12-7-6-8-22(3)16(12)25/h6-8,11H,4-5,9-10H2,1-3H3,(H,19,24). The van der Waals surface area contributed by atoms with Crippen LogP contribution < -0.4 is 20.7 Å². The maximum absolute atomic E-state index is 12.5. The van der Waals surface area contributed by atoms with Crippen molar-refractivity contribution in [2.24, 2.45) is 7.05 Å². The van der Waals surface area contributed by atoms with Crippen molar-refractivity contribution in [1.29, 1.82) is 0 Å². The van der Waals surface area contributed by atoms with Crippen LogP contribution in [0.15, 0.2) is 29.3 Å². The van der Waals surface area contributed by atoms with Crippen LogP contribution in [-0.4, -0.2) is 47.6 Å². The van der Waals surface area contributed by atoms with Crippen LogP contribution in [0.4, 0.5) is 17.5 Å². The lowest BCUT2D eigenvalue weighted by Crippen LogP contribution is -2.28. The summed E-state index contributed by atoms with van der Waals surface area (Å²) in [6.45, 7) is 1.89. The zero-order valence-electron chi connectivity index (χ0n) is 14.7. The molecule has 2 aromatic rings. The van der Waals surface area contributed by atoms with Gasteiger partial charge in [0.1, 0.15) is 11.3 Å². The summed E-state index contributed by atoms with van der Waals surface area (Å²) in [6.07, 6.45) is 5.48. The molecule has 0 aromatic carbocycles. The minimum Gasteiger partial charge on any atom is -0.361 e. The lowest BCUT2D eigenvalue weighted by molar-refractivity contribution is 0.102. The van der Waals surface area contributed by atoms with Crippen LogP contribution in [0, 0.1) is 0 Å². The molecule has 0 atom stereocenters. The van der Waals surface area contributed by atoms with Gasteiger partial charge in [-0.3, -0.25) is 9.59 Å². The fraction of sp³-hybridized carbons (Fsp3) is 0.412. The molecule has 132 valence electrons. The molecule has 2 aromatic heterocycles. The lowest BCUT2D eigenvalue weighted by Gasteiger charge is -2.21. The Morgan fingerprint density at radius 2 is 2.00 bits per heavy atom. The van der Waals surface area contributed by atoms with Gasteiger partial charge in [-0.15, -0.1) is 0 Å². The largest absolute Gasteiger partial charge is 0.361 e. The maximum Gasteiger partial charge on any atom is 0.263 e. The second-order valence-electron chi connectivity index (χ2n) is 6.29.